The van der Waals surface area contributed by atoms with Gasteiger partial charge in [0.1, 0.15) is 11.2 Å². The molecule has 126 valence electrons. The van der Waals surface area contributed by atoms with Gasteiger partial charge in [0.05, 0.1) is 0 Å². The Kier molecular flexibility index (Phi) is 6.80. The zero-order valence-corrected chi connectivity index (χ0v) is 14.2. The second-order valence-electron chi connectivity index (χ2n) is 7.07. The fraction of sp³-hybridized carbons (Fsp3) is 0.688. The zero-order valence-electron chi connectivity index (χ0n) is 14.2. The maximum atomic E-state index is 12.2. The molecule has 0 bridgehead atoms. The van der Waals surface area contributed by atoms with Crippen molar-refractivity contribution in [1.29, 1.82) is 0 Å². The maximum absolute atomic E-state index is 12.2. The number of carbonyl (C=O) groups excluding carboxylic acids is 2. The first kappa shape index (κ1) is 20.1. The molecular weight excluding hydrogens is 288 g/mol. The molecule has 6 heteroatoms. The van der Waals surface area contributed by atoms with E-state index in [1.165, 1.54) is 0 Å². The molecule has 0 aliphatic carbocycles. The summed E-state index contributed by atoms with van der Waals surface area (Å²) >= 11 is 0. The summed E-state index contributed by atoms with van der Waals surface area (Å²) < 4.78 is 10.4. The Morgan fingerprint density at radius 1 is 0.955 bits per heavy atom. The van der Waals surface area contributed by atoms with Crippen molar-refractivity contribution in [2.45, 2.75) is 65.6 Å². The Morgan fingerprint density at radius 2 is 1.32 bits per heavy atom. The molecule has 0 fully saturated rings. The highest BCUT2D eigenvalue weighted by Crippen LogP contribution is 2.21. The number of ether oxygens (including phenoxy) is 2. The van der Waals surface area contributed by atoms with Gasteiger partial charge in [0.25, 0.3) is 0 Å². The van der Waals surface area contributed by atoms with Crippen LogP contribution in [-0.2, 0) is 23.9 Å². The van der Waals surface area contributed by atoms with Crippen LogP contribution in [0.1, 0.15) is 54.4 Å². The lowest BCUT2D eigenvalue weighted by atomic mass is 9.99. The molecule has 1 N–H and O–H groups in total. The highest BCUT2D eigenvalue weighted by atomic mass is 16.6. The van der Waals surface area contributed by atoms with E-state index < -0.39 is 35.0 Å². The number of rotatable bonds is 6. The van der Waals surface area contributed by atoms with Gasteiger partial charge in [-0.2, -0.15) is 0 Å². The van der Waals surface area contributed by atoms with Crippen LogP contribution in [0, 0.1) is 5.92 Å². The van der Waals surface area contributed by atoms with Crippen molar-refractivity contribution in [3.63, 3.8) is 0 Å². The van der Waals surface area contributed by atoms with Gasteiger partial charge in [0.2, 0.25) is 0 Å². The van der Waals surface area contributed by atoms with E-state index in [0.29, 0.717) is 0 Å². The summed E-state index contributed by atoms with van der Waals surface area (Å²) in [6.45, 7) is 13.5. The summed E-state index contributed by atoms with van der Waals surface area (Å²) in [5, 5.41) is 8.81. The van der Waals surface area contributed by atoms with Crippen LogP contribution in [-0.4, -0.2) is 34.2 Å². The summed E-state index contributed by atoms with van der Waals surface area (Å²) in [4.78, 5) is 35.1. The number of carbonyl (C=O) groups is 3. The molecule has 0 aromatic carbocycles. The van der Waals surface area contributed by atoms with E-state index in [1.54, 1.807) is 41.5 Å². The minimum atomic E-state index is -1.17. The first-order valence-electron chi connectivity index (χ1n) is 7.10. The van der Waals surface area contributed by atoms with E-state index in [9.17, 15) is 14.4 Å². The summed E-state index contributed by atoms with van der Waals surface area (Å²) in [6.07, 6.45) is -0.0204. The normalized spacial score (nSPS) is 12.0. The van der Waals surface area contributed by atoms with E-state index in [2.05, 4.69) is 6.58 Å². The lowest BCUT2D eigenvalue weighted by molar-refractivity contribution is -0.174. The first-order valence-corrected chi connectivity index (χ1v) is 7.10. The van der Waals surface area contributed by atoms with Gasteiger partial charge >= 0.3 is 17.9 Å². The summed E-state index contributed by atoms with van der Waals surface area (Å²) in [5.41, 5.74) is -1.57. The standard InChI is InChI=1S/C16H26O6/c1-10(12(17)18)8-9-11(13(19)21-15(2,3)4)14(20)22-16(5,6)7/h11H,1,8-9H2,2-7H3,(H,17,18). The second-order valence-corrected chi connectivity index (χ2v) is 7.07. The lowest BCUT2D eigenvalue weighted by Crippen LogP contribution is -2.37. The number of esters is 2. The highest BCUT2D eigenvalue weighted by Gasteiger charge is 2.34. The SMILES string of the molecule is C=C(CCC(C(=O)OC(C)(C)C)C(=O)OC(C)(C)C)C(=O)O. The fourth-order valence-corrected chi connectivity index (χ4v) is 1.50. The van der Waals surface area contributed by atoms with Crippen molar-refractivity contribution in [2.24, 2.45) is 5.92 Å². The van der Waals surface area contributed by atoms with Gasteiger partial charge in [-0.05, 0) is 54.4 Å². The number of aliphatic carboxylic acids is 1. The molecule has 0 spiro atoms. The molecule has 22 heavy (non-hydrogen) atoms. The molecule has 0 unspecified atom stereocenters. The van der Waals surface area contributed by atoms with Crippen molar-refractivity contribution in [3.05, 3.63) is 12.2 Å². The van der Waals surface area contributed by atoms with Crippen LogP contribution in [0.25, 0.3) is 0 Å². The quantitative estimate of drug-likeness (QED) is 0.460. The summed E-state index contributed by atoms with van der Waals surface area (Å²) in [6, 6.07) is 0. The van der Waals surface area contributed by atoms with Crippen LogP contribution >= 0.6 is 0 Å². The molecule has 0 saturated carbocycles. The van der Waals surface area contributed by atoms with Crippen molar-refractivity contribution in [3.8, 4) is 0 Å². The zero-order chi connectivity index (χ0) is 17.7. The molecule has 0 aliphatic rings. The molecular formula is C16H26O6. The van der Waals surface area contributed by atoms with E-state index >= 15 is 0 Å². The first-order chi connectivity index (χ1) is 9.73. The Morgan fingerprint density at radius 3 is 1.59 bits per heavy atom. The predicted molar refractivity (Wildman–Crippen MR) is 81.2 cm³/mol. The molecule has 0 aliphatic heterocycles. The number of carboxylic acids is 1. The monoisotopic (exact) mass is 314 g/mol. The largest absolute Gasteiger partial charge is 0.478 e. The van der Waals surface area contributed by atoms with Crippen LogP contribution in [0.2, 0.25) is 0 Å². The minimum Gasteiger partial charge on any atom is -0.478 e. The van der Waals surface area contributed by atoms with Crippen molar-refractivity contribution in [2.75, 3.05) is 0 Å². The van der Waals surface area contributed by atoms with Crippen LogP contribution in [0.5, 0.6) is 0 Å². The fourth-order valence-electron chi connectivity index (χ4n) is 1.50. The summed E-state index contributed by atoms with van der Waals surface area (Å²) in [7, 11) is 0. The van der Waals surface area contributed by atoms with Crippen molar-refractivity contribution < 1.29 is 29.0 Å². The van der Waals surface area contributed by atoms with Crippen molar-refractivity contribution >= 4 is 17.9 Å². The summed E-state index contributed by atoms with van der Waals surface area (Å²) in [5.74, 6) is -3.78. The molecule has 6 nitrogen and oxygen atoms in total. The Hall–Kier alpha value is -1.85. The third kappa shape index (κ3) is 8.44. The Balaban J connectivity index is 5.06. The molecule has 0 aromatic heterocycles. The average molecular weight is 314 g/mol. The molecule has 0 radical (unpaired) electrons. The van der Waals surface area contributed by atoms with Gasteiger partial charge in [-0.25, -0.2) is 4.79 Å². The average Bonchev–Trinajstić information content (AvgIpc) is 2.23. The topological polar surface area (TPSA) is 89.9 Å². The third-order valence-corrected chi connectivity index (χ3v) is 2.42. The van der Waals surface area contributed by atoms with Crippen LogP contribution in [0.4, 0.5) is 0 Å². The van der Waals surface area contributed by atoms with E-state index in [-0.39, 0.29) is 18.4 Å². The van der Waals surface area contributed by atoms with E-state index in [1.807, 2.05) is 0 Å². The van der Waals surface area contributed by atoms with Crippen LogP contribution in [0.15, 0.2) is 12.2 Å². The molecule has 0 aromatic rings. The lowest BCUT2D eigenvalue weighted by Gasteiger charge is -2.26. The Labute approximate surface area is 131 Å². The van der Waals surface area contributed by atoms with Gasteiger partial charge < -0.3 is 14.6 Å². The number of hydrogen-bond donors (Lipinski definition) is 1. The predicted octanol–water partition coefficient (Wildman–Crippen LogP) is 2.71. The number of hydrogen-bond acceptors (Lipinski definition) is 5. The molecule has 0 atom stereocenters. The second kappa shape index (κ2) is 7.42. The highest BCUT2D eigenvalue weighted by molar-refractivity contribution is 5.95. The van der Waals surface area contributed by atoms with E-state index in [4.69, 9.17) is 14.6 Å². The van der Waals surface area contributed by atoms with Gasteiger partial charge in [0, 0.05) is 5.57 Å². The minimum absolute atomic E-state index is 0.00150. The molecule has 0 heterocycles. The maximum Gasteiger partial charge on any atom is 0.330 e. The third-order valence-electron chi connectivity index (χ3n) is 2.42. The van der Waals surface area contributed by atoms with E-state index in [0.717, 1.165) is 0 Å². The van der Waals surface area contributed by atoms with Gasteiger partial charge in [-0.3, -0.25) is 9.59 Å². The molecule has 0 rings (SSSR count). The van der Waals surface area contributed by atoms with Crippen molar-refractivity contribution in [1.82, 2.24) is 0 Å². The number of carboxylic acid groups (broad SMARTS) is 1. The van der Waals surface area contributed by atoms with Gasteiger partial charge in [-0.1, -0.05) is 6.58 Å². The smallest absolute Gasteiger partial charge is 0.330 e. The van der Waals surface area contributed by atoms with Gasteiger partial charge in [-0.15, -0.1) is 0 Å². The molecule has 0 amide bonds. The molecule has 0 saturated heterocycles. The Bertz CT molecular complexity index is 422. The van der Waals surface area contributed by atoms with Crippen LogP contribution in [0.3, 0.4) is 0 Å². The van der Waals surface area contributed by atoms with Gasteiger partial charge in [0.15, 0.2) is 5.92 Å². The van der Waals surface area contributed by atoms with Crippen LogP contribution < -0.4 is 0 Å².